The first kappa shape index (κ1) is 67.6. The maximum atomic E-state index is 13.5. The molecule has 4 aliphatic rings. The van der Waals surface area contributed by atoms with Gasteiger partial charge in [0.05, 0.1) is 51.8 Å². The topological polar surface area (TPSA) is 399 Å². The predicted octanol–water partition coefficient (Wildman–Crippen LogP) is 7.88. The van der Waals surface area contributed by atoms with Crippen molar-refractivity contribution in [1.82, 2.24) is 19.9 Å². The van der Waals surface area contributed by atoms with Gasteiger partial charge in [0.1, 0.15) is 48.2 Å². The van der Waals surface area contributed by atoms with Crippen molar-refractivity contribution in [3.05, 3.63) is 144 Å². The first-order chi connectivity index (χ1) is 42.2. The molecule has 4 aliphatic heterocycles. The van der Waals surface area contributed by atoms with Crippen LogP contribution in [0.5, 0.6) is 5.75 Å². The summed E-state index contributed by atoms with van der Waals surface area (Å²) in [5.41, 5.74) is 13.0. The maximum Gasteiger partial charge on any atom is 0.490 e. The average Bonchev–Trinajstić information content (AvgIpc) is 1.50. The Morgan fingerprint density at radius 3 is 2.40 bits per heavy atom. The van der Waals surface area contributed by atoms with E-state index < -0.39 is 85.8 Å². The van der Waals surface area contributed by atoms with Crippen LogP contribution in [0, 0.1) is 11.8 Å². The molecule has 0 spiro atoms. The Labute approximate surface area is 518 Å². The zero-order chi connectivity index (χ0) is 65.4. The van der Waals surface area contributed by atoms with Crippen LogP contribution in [-0.4, -0.2) is 131 Å². The summed E-state index contributed by atoms with van der Waals surface area (Å²) in [5, 5.41) is 13.8. The molecule has 2 aromatic heterocycles. The largest absolute Gasteiger partial charge is 0.490 e. The van der Waals surface area contributed by atoms with Gasteiger partial charge >= 0.3 is 23.5 Å². The Morgan fingerprint density at radius 1 is 0.956 bits per heavy atom. The molecule has 1 saturated heterocycles. The zero-order valence-electron chi connectivity index (χ0n) is 49.2. The number of allylic oxidation sites excluding steroid dienone is 8. The summed E-state index contributed by atoms with van der Waals surface area (Å²) in [6.45, 7) is 10.2. The number of phosphoric ester groups is 1. The van der Waals surface area contributed by atoms with Crippen molar-refractivity contribution in [2.75, 3.05) is 42.6 Å². The molecule has 3 aromatic carbocycles. The Bertz CT molecular complexity index is 4320. The van der Waals surface area contributed by atoms with Gasteiger partial charge in [-0.15, -0.1) is 0 Å². The van der Waals surface area contributed by atoms with Crippen molar-refractivity contribution in [2.24, 2.45) is 0 Å². The van der Waals surface area contributed by atoms with Crippen LogP contribution in [0.3, 0.4) is 0 Å². The van der Waals surface area contributed by atoms with Crippen molar-refractivity contribution in [3.8, 4) is 17.6 Å². The van der Waals surface area contributed by atoms with Crippen LogP contribution in [0.1, 0.15) is 101 Å². The highest BCUT2D eigenvalue weighted by Gasteiger charge is 2.48. The molecule has 480 valence electrons. The molecule has 0 saturated carbocycles. The van der Waals surface area contributed by atoms with Gasteiger partial charge in [0, 0.05) is 78.2 Å². The van der Waals surface area contributed by atoms with Gasteiger partial charge in [-0.3, -0.25) is 18.4 Å². The molecular formula is C58H67N7O20P3S2+. The molecule has 1 fully saturated rings. The number of likely N-dealkylation sites (N-methyl/N-ethyl adjacent to an activating group) is 1. The number of amides is 1. The van der Waals surface area contributed by atoms with Crippen molar-refractivity contribution >= 4 is 100 Å². The molecule has 9 rings (SSSR count). The number of hydrogen-bond donors (Lipinski definition) is 9. The van der Waals surface area contributed by atoms with Crippen LogP contribution in [0.15, 0.2) is 121 Å². The molecule has 0 bridgehead atoms. The number of rotatable bonds is 23. The Morgan fingerprint density at radius 2 is 1.70 bits per heavy atom. The zero-order valence-corrected chi connectivity index (χ0v) is 53.5. The molecule has 90 heavy (non-hydrogen) atoms. The van der Waals surface area contributed by atoms with E-state index in [1.54, 1.807) is 6.08 Å². The molecule has 3 unspecified atom stereocenters. The number of carbonyl (C=O) groups excluding carboxylic acids is 1. The van der Waals surface area contributed by atoms with Gasteiger partial charge in [0.25, 0.3) is 20.2 Å². The number of hydrogen-bond acceptors (Lipinski definition) is 18. The number of aliphatic hydroxyl groups is 1. The molecule has 32 heteroatoms. The van der Waals surface area contributed by atoms with E-state index in [1.807, 2.05) is 72.2 Å². The minimum absolute atomic E-state index is 0.00653. The summed E-state index contributed by atoms with van der Waals surface area (Å²) in [5.74, 6) is 6.19. The Kier molecular flexibility index (Phi) is 19.9. The fraction of sp³-hybridized carbons (Fsp3) is 0.345. The summed E-state index contributed by atoms with van der Waals surface area (Å²) in [6.07, 6.45) is 12.6. The lowest BCUT2D eigenvalue weighted by molar-refractivity contribution is -0.437. The van der Waals surface area contributed by atoms with E-state index in [2.05, 4.69) is 91.1 Å². The number of aliphatic hydroxyl groups excluding tert-OH is 1. The van der Waals surface area contributed by atoms with Gasteiger partial charge in [-0.25, -0.2) is 23.7 Å². The van der Waals surface area contributed by atoms with Gasteiger partial charge in [-0.05, 0) is 82.9 Å². The quantitative estimate of drug-likeness (QED) is 0.00986. The van der Waals surface area contributed by atoms with Gasteiger partial charge in [0.2, 0.25) is 11.6 Å². The van der Waals surface area contributed by atoms with E-state index in [4.69, 9.17) is 25.0 Å². The summed E-state index contributed by atoms with van der Waals surface area (Å²) in [7, 11) is -26.1. The number of phosphoric acid groups is 3. The van der Waals surface area contributed by atoms with Crippen LogP contribution in [0.2, 0.25) is 0 Å². The van der Waals surface area contributed by atoms with E-state index in [-0.39, 0.29) is 78.0 Å². The van der Waals surface area contributed by atoms with E-state index in [0.717, 1.165) is 46.4 Å². The Balaban J connectivity index is 0.931. The van der Waals surface area contributed by atoms with Gasteiger partial charge in [-0.1, -0.05) is 72.6 Å². The van der Waals surface area contributed by atoms with Gasteiger partial charge in [-0.2, -0.15) is 30.0 Å². The number of nitrogen functional groups attached to an aromatic ring is 1. The molecule has 0 radical (unpaired) electrons. The smallest absolute Gasteiger partial charge is 0.456 e. The van der Waals surface area contributed by atoms with Crippen molar-refractivity contribution in [1.29, 1.82) is 0 Å². The second kappa shape index (κ2) is 26.4. The predicted molar refractivity (Wildman–Crippen MR) is 333 cm³/mol. The second-order valence-electron chi connectivity index (χ2n) is 22.3. The second-order valence-corrected chi connectivity index (χ2v) is 29.7. The van der Waals surface area contributed by atoms with Crippen LogP contribution in [-0.2, 0) is 62.0 Å². The monoisotopic (exact) mass is 1340 g/mol. The van der Waals surface area contributed by atoms with E-state index in [0.29, 0.717) is 28.5 Å². The van der Waals surface area contributed by atoms with Crippen LogP contribution < -0.4 is 20.7 Å². The fourth-order valence-electron chi connectivity index (χ4n) is 11.6. The number of carbonyl (C=O) groups is 1. The van der Waals surface area contributed by atoms with Crippen molar-refractivity contribution in [3.63, 3.8) is 0 Å². The fourth-order valence-corrected chi connectivity index (χ4v) is 15.6. The first-order valence-electron chi connectivity index (χ1n) is 28.0. The molecule has 6 heterocycles. The summed E-state index contributed by atoms with van der Waals surface area (Å²) in [4.78, 5) is 60.9. The first-order valence-corrected chi connectivity index (χ1v) is 35.6. The lowest BCUT2D eigenvalue weighted by atomic mass is 9.75. The minimum atomic E-state index is -5.81. The summed E-state index contributed by atoms with van der Waals surface area (Å²) in [6, 6.07) is 18.1. The molecule has 6 atom stereocenters. The third-order valence-electron chi connectivity index (χ3n) is 15.5. The summed E-state index contributed by atoms with van der Waals surface area (Å²) < 4.78 is 132. The number of nitrogens with two attached hydrogens (primary N) is 1. The van der Waals surface area contributed by atoms with E-state index in [1.165, 1.54) is 29.0 Å². The number of nitrogens with one attached hydrogen (secondary N) is 1. The number of aromatic nitrogens is 3. The maximum absolute atomic E-state index is 13.5. The Hall–Kier alpha value is -6.77. The molecule has 5 aromatic rings. The standard InChI is InChI=1S/C58H66N7O20P3S2/c1-6-65-46-31-49-43(30-42(46)37(2)33-57(65,3)4)39(28-48(82-49)38-16-9-7-10-17-38)18-11-8-12-20-51-58(5,44-29-41(90(78,79)80)22-23-45(44)63(51)26-15-27-89(75,76)77)24-13-21-52(67)60-25-14-19-40-34-64(56-54(40)55(59)61-36-62-56)53-32-47(66)50(83-53)35-81-87(71,72)85-88(73,74)84-86(68,69)70/h7-12,16-18,20,22-23,28-31,33-34,36,47,50,53,66H,6,13,15,21,24-27,32,35H2,1-5H3,(H8-,59,60,61,62,67,68,69,70,71,72,73,74,75,76,77,78,79,80)/p+1/t47-,50+,53+,58?/m0/s1. The third kappa shape index (κ3) is 15.7. The molecular weight excluding hydrogens is 1270 g/mol. The van der Waals surface area contributed by atoms with E-state index >= 15 is 0 Å². The lowest BCUT2D eigenvalue weighted by Crippen LogP contribution is -2.44. The van der Waals surface area contributed by atoms with Crippen molar-refractivity contribution < 1.29 is 96.3 Å². The van der Waals surface area contributed by atoms with E-state index in [9.17, 15) is 59.3 Å². The number of anilines is 2. The molecule has 27 nitrogen and oxygen atoms in total. The molecule has 0 aliphatic carbocycles. The average molecular weight is 1340 g/mol. The number of fused-ring (bicyclic) bond motifs is 4. The lowest BCUT2D eigenvalue weighted by Gasteiger charge is -2.43. The summed E-state index contributed by atoms with van der Waals surface area (Å²) >= 11 is 0. The molecule has 10 N–H and O–H groups in total. The number of benzene rings is 3. The number of nitrogens with zero attached hydrogens (tertiary/aromatic N) is 5. The van der Waals surface area contributed by atoms with Crippen LogP contribution in [0.25, 0.3) is 27.9 Å². The minimum Gasteiger partial charge on any atom is -0.456 e. The SMILES string of the molecule is CCN1c2cc3c(cc2C(C)=CC1(C)C)C(=CC=CC=CC1=[N+](CCCS(=O)(=O)O)c2ccc(S(=O)(=O)O)cc2C1(C)CCCC(=O)NCC#Cc1cn([C@H]2C[C@H](O)[C@@H](COP(=O)(O)OP(=O)(O)OP(=O)(O)O)O2)c2ncnc(N)c12)C=C(c1ccccc1)O3. The van der Waals surface area contributed by atoms with Crippen molar-refractivity contribution in [2.45, 2.75) is 101 Å². The van der Waals surface area contributed by atoms with Gasteiger partial charge in [0.15, 0.2) is 5.71 Å². The van der Waals surface area contributed by atoms with Crippen LogP contribution in [0.4, 0.5) is 17.2 Å². The normalized spacial score (nSPS) is 21.7. The highest BCUT2D eigenvalue weighted by molar-refractivity contribution is 7.86. The number of ether oxygens (including phenoxy) is 2. The van der Waals surface area contributed by atoms with Crippen LogP contribution >= 0.6 is 23.5 Å². The molecule has 1 amide bonds. The highest BCUT2D eigenvalue weighted by atomic mass is 32.2. The van der Waals surface area contributed by atoms with Gasteiger partial charge < -0.3 is 54.7 Å². The highest BCUT2D eigenvalue weighted by Crippen LogP contribution is 2.66. The third-order valence-corrected chi connectivity index (χ3v) is 20.9.